The summed E-state index contributed by atoms with van der Waals surface area (Å²) >= 11 is 0. The van der Waals surface area contributed by atoms with Crippen LogP contribution in [0.25, 0.3) is 0 Å². The molecule has 0 heterocycles. The van der Waals surface area contributed by atoms with Gasteiger partial charge in [0.05, 0.1) is 0 Å². The molecular formula is C15H20N2O2. The van der Waals surface area contributed by atoms with Crippen molar-refractivity contribution < 1.29 is 9.53 Å². The maximum Gasteiger partial charge on any atom is 0.255 e. The number of nitrogens with zero attached hydrogens (tertiary/aromatic N) is 1. The summed E-state index contributed by atoms with van der Waals surface area (Å²) in [7, 11) is 0. The van der Waals surface area contributed by atoms with Crippen molar-refractivity contribution in [1.82, 2.24) is 0 Å². The van der Waals surface area contributed by atoms with E-state index in [2.05, 4.69) is 4.99 Å². The molecule has 1 aliphatic carbocycles. The highest BCUT2D eigenvalue weighted by Crippen LogP contribution is 2.20. The third-order valence-corrected chi connectivity index (χ3v) is 3.27. The van der Waals surface area contributed by atoms with Gasteiger partial charge in [-0.15, -0.1) is 0 Å². The maximum atomic E-state index is 10.6. The number of rotatable bonds is 5. The number of hydrogen-bond acceptors (Lipinski definition) is 3. The second-order valence-corrected chi connectivity index (χ2v) is 4.89. The van der Waals surface area contributed by atoms with E-state index in [4.69, 9.17) is 10.5 Å². The zero-order chi connectivity index (χ0) is 13.5. The SMILES string of the molecule is NC(=O)COc1ccc(C=NC2CCCCC2)cc1. The van der Waals surface area contributed by atoms with Gasteiger partial charge < -0.3 is 10.5 Å². The Kier molecular flexibility index (Phi) is 4.95. The van der Waals surface area contributed by atoms with Gasteiger partial charge in [-0.25, -0.2) is 0 Å². The Balaban J connectivity index is 1.87. The van der Waals surface area contributed by atoms with Gasteiger partial charge in [0.2, 0.25) is 0 Å². The van der Waals surface area contributed by atoms with Crippen LogP contribution in [-0.2, 0) is 4.79 Å². The van der Waals surface area contributed by atoms with Gasteiger partial charge in [0.15, 0.2) is 6.61 Å². The highest BCUT2D eigenvalue weighted by molar-refractivity contribution is 5.80. The fourth-order valence-corrected chi connectivity index (χ4v) is 2.23. The molecule has 102 valence electrons. The smallest absolute Gasteiger partial charge is 0.255 e. The molecule has 1 fully saturated rings. The van der Waals surface area contributed by atoms with Crippen LogP contribution in [-0.4, -0.2) is 24.8 Å². The second kappa shape index (κ2) is 6.92. The summed E-state index contributed by atoms with van der Waals surface area (Å²) in [5.41, 5.74) is 6.07. The van der Waals surface area contributed by atoms with Crippen LogP contribution in [0.15, 0.2) is 29.3 Å². The van der Waals surface area contributed by atoms with Crippen LogP contribution in [0.2, 0.25) is 0 Å². The number of aliphatic imine (C=N–C) groups is 1. The number of benzene rings is 1. The minimum Gasteiger partial charge on any atom is -0.484 e. The van der Waals surface area contributed by atoms with Crippen molar-refractivity contribution in [1.29, 1.82) is 0 Å². The highest BCUT2D eigenvalue weighted by Gasteiger charge is 2.10. The topological polar surface area (TPSA) is 64.7 Å². The Morgan fingerprint density at radius 2 is 1.95 bits per heavy atom. The average Bonchev–Trinajstić information content (AvgIpc) is 2.45. The third kappa shape index (κ3) is 4.73. The molecule has 0 bridgehead atoms. The molecule has 0 saturated heterocycles. The van der Waals surface area contributed by atoms with Gasteiger partial charge in [-0.3, -0.25) is 9.79 Å². The molecular weight excluding hydrogens is 240 g/mol. The van der Waals surface area contributed by atoms with E-state index in [0.29, 0.717) is 11.8 Å². The number of carbonyl (C=O) groups is 1. The molecule has 0 spiro atoms. The minimum absolute atomic E-state index is 0.0878. The summed E-state index contributed by atoms with van der Waals surface area (Å²) in [4.78, 5) is 15.2. The molecule has 0 aromatic heterocycles. The molecule has 0 atom stereocenters. The van der Waals surface area contributed by atoms with Crippen molar-refractivity contribution in [3.63, 3.8) is 0 Å². The predicted molar refractivity (Wildman–Crippen MR) is 75.6 cm³/mol. The van der Waals surface area contributed by atoms with E-state index >= 15 is 0 Å². The quantitative estimate of drug-likeness (QED) is 0.826. The van der Waals surface area contributed by atoms with E-state index in [0.717, 1.165) is 5.56 Å². The zero-order valence-corrected chi connectivity index (χ0v) is 11.0. The molecule has 4 heteroatoms. The van der Waals surface area contributed by atoms with Crippen molar-refractivity contribution >= 4 is 12.1 Å². The lowest BCUT2D eigenvalue weighted by Crippen LogP contribution is -2.19. The van der Waals surface area contributed by atoms with Crippen molar-refractivity contribution in [3.05, 3.63) is 29.8 Å². The molecule has 1 aromatic rings. The first kappa shape index (κ1) is 13.6. The summed E-state index contributed by atoms with van der Waals surface area (Å²) in [5.74, 6) is 0.177. The number of amides is 1. The van der Waals surface area contributed by atoms with Crippen LogP contribution in [0, 0.1) is 0 Å². The first-order valence-electron chi connectivity index (χ1n) is 6.78. The summed E-state index contributed by atoms with van der Waals surface area (Å²) in [5, 5.41) is 0. The van der Waals surface area contributed by atoms with Gasteiger partial charge in [0, 0.05) is 12.3 Å². The monoisotopic (exact) mass is 260 g/mol. The summed E-state index contributed by atoms with van der Waals surface area (Å²) in [6, 6.07) is 8.00. The van der Waals surface area contributed by atoms with Crippen LogP contribution in [0.4, 0.5) is 0 Å². The largest absolute Gasteiger partial charge is 0.484 e. The minimum atomic E-state index is -0.470. The number of hydrogen-bond donors (Lipinski definition) is 1. The molecule has 1 saturated carbocycles. The third-order valence-electron chi connectivity index (χ3n) is 3.27. The summed E-state index contributed by atoms with van der Waals surface area (Å²) in [6.45, 7) is -0.0878. The Morgan fingerprint density at radius 1 is 1.26 bits per heavy atom. The fourth-order valence-electron chi connectivity index (χ4n) is 2.23. The fraction of sp³-hybridized carbons (Fsp3) is 0.467. The van der Waals surface area contributed by atoms with Gasteiger partial charge in [0.1, 0.15) is 5.75 Å². The highest BCUT2D eigenvalue weighted by atomic mass is 16.5. The van der Waals surface area contributed by atoms with E-state index in [-0.39, 0.29) is 6.61 Å². The lowest BCUT2D eigenvalue weighted by Gasteiger charge is -2.17. The number of primary amides is 1. The molecule has 1 amide bonds. The maximum absolute atomic E-state index is 10.6. The molecule has 4 nitrogen and oxygen atoms in total. The lowest BCUT2D eigenvalue weighted by atomic mass is 9.96. The summed E-state index contributed by atoms with van der Waals surface area (Å²) in [6.07, 6.45) is 8.27. The predicted octanol–water partition coefficient (Wildman–Crippen LogP) is 2.30. The Labute approximate surface area is 113 Å². The Bertz CT molecular complexity index is 434. The van der Waals surface area contributed by atoms with Gasteiger partial charge >= 0.3 is 0 Å². The van der Waals surface area contributed by atoms with E-state index in [9.17, 15) is 4.79 Å². The first-order chi connectivity index (χ1) is 9.24. The molecule has 1 aliphatic rings. The van der Waals surface area contributed by atoms with Gasteiger partial charge in [-0.1, -0.05) is 19.3 Å². The molecule has 2 N–H and O–H groups in total. The summed E-state index contributed by atoms with van der Waals surface area (Å²) < 4.78 is 5.20. The van der Waals surface area contributed by atoms with Gasteiger partial charge in [-0.2, -0.15) is 0 Å². The lowest BCUT2D eigenvalue weighted by molar-refractivity contribution is -0.119. The molecule has 19 heavy (non-hydrogen) atoms. The number of carbonyl (C=O) groups excluding carboxylic acids is 1. The van der Waals surface area contributed by atoms with Crippen molar-refractivity contribution in [2.24, 2.45) is 10.7 Å². The molecule has 0 radical (unpaired) electrons. The Morgan fingerprint density at radius 3 is 2.58 bits per heavy atom. The van der Waals surface area contributed by atoms with E-state index < -0.39 is 5.91 Å². The van der Waals surface area contributed by atoms with Crippen molar-refractivity contribution in [2.45, 2.75) is 38.1 Å². The average molecular weight is 260 g/mol. The van der Waals surface area contributed by atoms with Gasteiger partial charge in [0.25, 0.3) is 5.91 Å². The first-order valence-corrected chi connectivity index (χ1v) is 6.78. The van der Waals surface area contributed by atoms with Crippen LogP contribution >= 0.6 is 0 Å². The molecule has 0 unspecified atom stereocenters. The van der Waals surface area contributed by atoms with Crippen molar-refractivity contribution in [3.8, 4) is 5.75 Å². The molecule has 1 aromatic carbocycles. The van der Waals surface area contributed by atoms with Crippen LogP contribution < -0.4 is 10.5 Å². The molecule has 0 aliphatic heterocycles. The second-order valence-electron chi connectivity index (χ2n) is 4.89. The van der Waals surface area contributed by atoms with E-state index in [1.54, 1.807) is 0 Å². The van der Waals surface area contributed by atoms with Crippen molar-refractivity contribution in [2.75, 3.05) is 6.61 Å². The van der Waals surface area contributed by atoms with Gasteiger partial charge in [-0.05, 0) is 42.7 Å². The zero-order valence-electron chi connectivity index (χ0n) is 11.0. The Hall–Kier alpha value is -1.84. The van der Waals surface area contributed by atoms with Crippen LogP contribution in [0.3, 0.4) is 0 Å². The number of ether oxygens (including phenoxy) is 1. The van der Waals surface area contributed by atoms with Crippen LogP contribution in [0.5, 0.6) is 5.75 Å². The van der Waals surface area contributed by atoms with E-state index in [1.165, 1.54) is 32.1 Å². The molecule has 2 rings (SSSR count). The van der Waals surface area contributed by atoms with E-state index in [1.807, 2.05) is 30.5 Å². The standard InChI is InChI=1S/C15H20N2O2/c16-15(18)11-19-14-8-6-12(7-9-14)10-17-13-4-2-1-3-5-13/h6-10,13H,1-5,11H2,(H2,16,18). The number of nitrogens with two attached hydrogens (primary N) is 1. The van der Waals surface area contributed by atoms with Crippen LogP contribution in [0.1, 0.15) is 37.7 Å². The normalized spacial score (nSPS) is 16.6.